The zero-order valence-electron chi connectivity index (χ0n) is 20.0. The fourth-order valence-corrected chi connectivity index (χ4v) is 4.61. The Hall–Kier alpha value is -3.45. The Balaban J connectivity index is 1.50. The van der Waals surface area contributed by atoms with Crippen LogP contribution in [0.3, 0.4) is 0 Å². The summed E-state index contributed by atoms with van der Waals surface area (Å²) < 4.78 is 0. The molecule has 2 atom stereocenters. The number of hydrogen-bond donors (Lipinski definition) is 1. The predicted octanol–water partition coefficient (Wildman–Crippen LogP) is 3.37. The number of hydrogen-bond acceptors (Lipinski definition) is 4. The molecular formula is C27H32N4O3. The molecule has 1 heterocycles. The van der Waals surface area contributed by atoms with E-state index in [1.807, 2.05) is 33.2 Å². The number of fused-ring (bicyclic) bond motifs is 1. The molecule has 2 aromatic carbocycles. The SMILES string of the molecule is CCN(Cc1ccc(CN(C)C)cc1)C(=O)c1cccc(N2NC(=O)C3CC=CCC3C2=O)c1. The van der Waals surface area contributed by atoms with E-state index in [1.165, 1.54) is 10.6 Å². The second-order valence-corrected chi connectivity index (χ2v) is 9.23. The van der Waals surface area contributed by atoms with E-state index in [2.05, 4.69) is 34.6 Å². The van der Waals surface area contributed by atoms with Crippen LogP contribution in [-0.4, -0.2) is 48.2 Å². The predicted molar refractivity (Wildman–Crippen MR) is 132 cm³/mol. The Kier molecular flexibility index (Phi) is 7.12. The smallest absolute Gasteiger partial charge is 0.254 e. The van der Waals surface area contributed by atoms with Gasteiger partial charge in [-0.25, -0.2) is 5.01 Å². The van der Waals surface area contributed by atoms with Gasteiger partial charge in [0.25, 0.3) is 5.91 Å². The lowest BCUT2D eigenvalue weighted by atomic mass is 9.80. The number of nitrogens with one attached hydrogen (secondary N) is 1. The molecule has 1 fully saturated rings. The van der Waals surface area contributed by atoms with Gasteiger partial charge >= 0.3 is 0 Å². The number of carbonyl (C=O) groups is 3. The molecule has 0 aromatic heterocycles. The van der Waals surface area contributed by atoms with E-state index >= 15 is 0 Å². The maximum absolute atomic E-state index is 13.3. The average molecular weight is 461 g/mol. The maximum Gasteiger partial charge on any atom is 0.254 e. The number of anilines is 1. The van der Waals surface area contributed by atoms with Crippen LogP contribution in [0.2, 0.25) is 0 Å². The van der Waals surface area contributed by atoms with Crippen LogP contribution >= 0.6 is 0 Å². The molecule has 7 heteroatoms. The molecule has 2 aromatic rings. The largest absolute Gasteiger partial charge is 0.335 e. The van der Waals surface area contributed by atoms with Gasteiger partial charge in [0.15, 0.2) is 0 Å². The standard InChI is InChI=1S/C27H32N4O3/c1-4-30(18-20-14-12-19(13-15-20)17-29(2)3)26(33)21-8-7-9-22(16-21)31-27(34)24-11-6-5-10-23(24)25(32)28-31/h5-9,12-16,23-24H,4,10-11,17-18H2,1-3H3,(H,28,32). The lowest BCUT2D eigenvalue weighted by molar-refractivity contribution is -0.139. The summed E-state index contributed by atoms with van der Waals surface area (Å²) in [5, 5.41) is 1.30. The van der Waals surface area contributed by atoms with E-state index in [0.717, 1.165) is 12.1 Å². The molecule has 0 radical (unpaired) electrons. The lowest BCUT2D eigenvalue weighted by Crippen LogP contribution is -2.59. The molecule has 0 bridgehead atoms. The van der Waals surface area contributed by atoms with Crippen molar-refractivity contribution in [3.63, 3.8) is 0 Å². The van der Waals surface area contributed by atoms with Crippen LogP contribution in [0.4, 0.5) is 5.69 Å². The van der Waals surface area contributed by atoms with Crippen LogP contribution in [0, 0.1) is 11.8 Å². The van der Waals surface area contributed by atoms with Gasteiger partial charge in [-0.1, -0.05) is 42.5 Å². The van der Waals surface area contributed by atoms with E-state index in [-0.39, 0.29) is 29.6 Å². The Labute approximate surface area is 201 Å². The molecule has 7 nitrogen and oxygen atoms in total. The minimum absolute atomic E-state index is 0.115. The molecule has 0 spiro atoms. The number of nitrogens with zero attached hydrogens (tertiary/aromatic N) is 3. The van der Waals surface area contributed by atoms with Crippen LogP contribution in [-0.2, 0) is 22.7 Å². The maximum atomic E-state index is 13.3. The van der Waals surface area contributed by atoms with Gasteiger partial charge in [0.1, 0.15) is 0 Å². The quantitative estimate of drug-likeness (QED) is 0.643. The van der Waals surface area contributed by atoms with Crippen molar-refractivity contribution in [1.82, 2.24) is 15.2 Å². The fraction of sp³-hybridized carbons (Fsp3) is 0.370. The molecule has 34 heavy (non-hydrogen) atoms. The molecule has 1 aliphatic heterocycles. The first-order chi connectivity index (χ1) is 16.4. The van der Waals surface area contributed by atoms with Gasteiger partial charge in [-0.3, -0.25) is 19.8 Å². The molecule has 2 aliphatic rings. The van der Waals surface area contributed by atoms with E-state index in [1.54, 1.807) is 29.2 Å². The monoisotopic (exact) mass is 460 g/mol. The minimum atomic E-state index is -0.360. The summed E-state index contributed by atoms with van der Waals surface area (Å²) in [6.07, 6.45) is 5.05. The van der Waals surface area contributed by atoms with Gasteiger partial charge in [-0.2, -0.15) is 0 Å². The second kappa shape index (κ2) is 10.2. The Morgan fingerprint density at radius 3 is 2.26 bits per heavy atom. The normalized spacial score (nSPS) is 19.7. The Morgan fingerprint density at radius 2 is 1.62 bits per heavy atom. The van der Waals surface area contributed by atoms with Gasteiger partial charge in [-0.15, -0.1) is 0 Å². The highest BCUT2D eigenvalue weighted by molar-refractivity contribution is 6.05. The van der Waals surface area contributed by atoms with Crippen molar-refractivity contribution in [2.75, 3.05) is 25.6 Å². The minimum Gasteiger partial charge on any atom is -0.335 e. The topological polar surface area (TPSA) is 73.0 Å². The molecular weight excluding hydrogens is 428 g/mol. The number of hydrazine groups is 1. The van der Waals surface area contributed by atoms with Gasteiger partial charge in [0.05, 0.1) is 17.5 Å². The van der Waals surface area contributed by atoms with E-state index in [0.29, 0.717) is 37.2 Å². The number of carbonyl (C=O) groups excluding carboxylic acids is 3. The molecule has 1 aliphatic carbocycles. The van der Waals surface area contributed by atoms with Crippen molar-refractivity contribution < 1.29 is 14.4 Å². The van der Waals surface area contributed by atoms with Crippen molar-refractivity contribution >= 4 is 23.4 Å². The average Bonchev–Trinajstić information content (AvgIpc) is 2.85. The molecule has 0 saturated carbocycles. The number of rotatable bonds is 7. The van der Waals surface area contributed by atoms with Crippen molar-refractivity contribution in [3.8, 4) is 0 Å². The fourth-order valence-electron chi connectivity index (χ4n) is 4.61. The number of amides is 3. The van der Waals surface area contributed by atoms with Gasteiger partial charge in [-0.05, 0) is 63.2 Å². The van der Waals surface area contributed by atoms with Crippen molar-refractivity contribution in [2.45, 2.75) is 32.9 Å². The van der Waals surface area contributed by atoms with Crippen LogP contribution in [0.1, 0.15) is 41.3 Å². The van der Waals surface area contributed by atoms with Gasteiger partial charge in [0.2, 0.25) is 11.8 Å². The third-order valence-corrected chi connectivity index (χ3v) is 6.44. The third kappa shape index (κ3) is 5.04. The zero-order valence-corrected chi connectivity index (χ0v) is 20.0. The summed E-state index contributed by atoms with van der Waals surface area (Å²) in [4.78, 5) is 42.9. The molecule has 3 amide bonds. The molecule has 1 N–H and O–H groups in total. The summed E-state index contributed by atoms with van der Waals surface area (Å²) in [6, 6.07) is 15.2. The summed E-state index contributed by atoms with van der Waals surface area (Å²) in [5.41, 5.74) is 6.00. The van der Waals surface area contributed by atoms with Crippen LogP contribution in [0.25, 0.3) is 0 Å². The van der Waals surface area contributed by atoms with Crippen molar-refractivity contribution in [1.29, 1.82) is 0 Å². The molecule has 178 valence electrons. The van der Waals surface area contributed by atoms with Crippen LogP contribution < -0.4 is 10.4 Å². The van der Waals surface area contributed by atoms with E-state index in [9.17, 15) is 14.4 Å². The Morgan fingerprint density at radius 1 is 0.971 bits per heavy atom. The van der Waals surface area contributed by atoms with E-state index < -0.39 is 0 Å². The third-order valence-electron chi connectivity index (χ3n) is 6.44. The second-order valence-electron chi connectivity index (χ2n) is 9.23. The molecule has 4 rings (SSSR count). The molecule has 1 saturated heterocycles. The highest BCUT2D eigenvalue weighted by Gasteiger charge is 2.42. The molecule has 2 unspecified atom stereocenters. The highest BCUT2D eigenvalue weighted by Crippen LogP contribution is 2.32. The first-order valence-electron chi connectivity index (χ1n) is 11.8. The Bertz CT molecular complexity index is 1090. The summed E-state index contributed by atoms with van der Waals surface area (Å²) in [6.45, 7) is 3.87. The first kappa shape index (κ1) is 23.7. The van der Waals surface area contributed by atoms with Crippen LogP contribution in [0.15, 0.2) is 60.7 Å². The number of allylic oxidation sites excluding steroid dienone is 2. The van der Waals surface area contributed by atoms with Gasteiger partial charge < -0.3 is 9.80 Å². The number of benzene rings is 2. The summed E-state index contributed by atoms with van der Waals surface area (Å²) >= 11 is 0. The van der Waals surface area contributed by atoms with Crippen molar-refractivity contribution in [2.24, 2.45) is 11.8 Å². The zero-order chi connectivity index (χ0) is 24.2. The highest BCUT2D eigenvalue weighted by atomic mass is 16.2. The van der Waals surface area contributed by atoms with E-state index in [4.69, 9.17) is 0 Å². The van der Waals surface area contributed by atoms with Gasteiger partial charge in [0, 0.05) is 25.2 Å². The lowest BCUT2D eigenvalue weighted by Gasteiger charge is -2.38. The van der Waals surface area contributed by atoms with Crippen LogP contribution in [0.5, 0.6) is 0 Å². The first-order valence-corrected chi connectivity index (χ1v) is 11.8. The summed E-state index contributed by atoms with van der Waals surface area (Å²) in [5.74, 6) is -1.09. The summed E-state index contributed by atoms with van der Waals surface area (Å²) in [7, 11) is 4.07. The van der Waals surface area contributed by atoms with Crippen molar-refractivity contribution in [3.05, 3.63) is 77.4 Å².